The molecular formula is C11H18N2O2. The van der Waals surface area contributed by atoms with E-state index in [2.05, 4.69) is 11.7 Å². The second-order valence-electron chi connectivity index (χ2n) is 3.08. The molecule has 84 valence electrons. The molecule has 0 aliphatic rings. The average molecular weight is 210 g/mol. The van der Waals surface area contributed by atoms with Gasteiger partial charge in [-0.1, -0.05) is 12.2 Å². The van der Waals surface area contributed by atoms with Gasteiger partial charge in [0.05, 0.1) is 6.54 Å². The lowest BCUT2D eigenvalue weighted by Crippen LogP contribution is -2.21. The predicted molar refractivity (Wildman–Crippen MR) is 61.7 cm³/mol. The van der Waals surface area contributed by atoms with Crippen LogP contribution in [0.5, 0.6) is 0 Å². The summed E-state index contributed by atoms with van der Waals surface area (Å²) in [5, 5.41) is 0. The Balaban J connectivity index is 4.17. The summed E-state index contributed by atoms with van der Waals surface area (Å²) in [5.74, 6) is 0.507. The Morgan fingerprint density at radius 3 is 2.73 bits per heavy atom. The molecule has 0 aromatic heterocycles. The molecule has 4 heteroatoms. The molecule has 0 heterocycles. The van der Waals surface area contributed by atoms with E-state index < -0.39 is 0 Å². The zero-order valence-corrected chi connectivity index (χ0v) is 9.56. The van der Waals surface area contributed by atoms with E-state index in [0.717, 1.165) is 12.0 Å². The summed E-state index contributed by atoms with van der Waals surface area (Å²) in [6.45, 7) is 8.20. The lowest BCUT2D eigenvalue weighted by atomic mass is 10.3. The molecule has 0 aliphatic heterocycles. The SMILES string of the molecule is C=N/C(OCCN(C)C=O)=C(C)\C=C/C. The number of amides is 1. The van der Waals surface area contributed by atoms with Crippen molar-refractivity contribution in [3.05, 3.63) is 23.6 Å². The van der Waals surface area contributed by atoms with Crippen LogP contribution in [-0.2, 0) is 9.53 Å². The van der Waals surface area contributed by atoms with Crippen molar-refractivity contribution in [1.29, 1.82) is 0 Å². The number of carbonyl (C=O) groups is 1. The van der Waals surface area contributed by atoms with Gasteiger partial charge < -0.3 is 9.64 Å². The number of hydrogen-bond acceptors (Lipinski definition) is 3. The minimum Gasteiger partial charge on any atom is -0.476 e. The third kappa shape index (κ3) is 5.67. The van der Waals surface area contributed by atoms with Gasteiger partial charge in [0, 0.05) is 12.6 Å². The zero-order chi connectivity index (χ0) is 11.7. The topological polar surface area (TPSA) is 41.9 Å². The van der Waals surface area contributed by atoms with Crippen LogP contribution in [0.15, 0.2) is 28.6 Å². The van der Waals surface area contributed by atoms with Gasteiger partial charge in [0.1, 0.15) is 6.61 Å². The van der Waals surface area contributed by atoms with Gasteiger partial charge in [-0.2, -0.15) is 0 Å². The molecular weight excluding hydrogens is 192 g/mol. The molecule has 0 spiro atoms. The highest BCUT2D eigenvalue weighted by Crippen LogP contribution is 2.08. The zero-order valence-electron chi connectivity index (χ0n) is 9.56. The van der Waals surface area contributed by atoms with Crippen molar-refractivity contribution < 1.29 is 9.53 Å². The summed E-state index contributed by atoms with van der Waals surface area (Å²) in [4.78, 5) is 15.6. The summed E-state index contributed by atoms with van der Waals surface area (Å²) in [6, 6.07) is 0. The van der Waals surface area contributed by atoms with Gasteiger partial charge in [-0.3, -0.25) is 4.79 Å². The summed E-state index contributed by atoms with van der Waals surface area (Å²) in [6.07, 6.45) is 4.56. The highest BCUT2D eigenvalue weighted by atomic mass is 16.5. The van der Waals surface area contributed by atoms with Crippen molar-refractivity contribution in [3.63, 3.8) is 0 Å². The van der Waals surface area contributed by atoms with Crippen LogP contribution in [0.25, 0.3) is 0 Å². The Kier molecular flexibility index (Phi) is 6.97. The number of carbonyl (C=O) groups excluding carboxylic acids is 1. The molecule has 0 radical (unpaired) electrons. The van der Waals surface area contributed by atoms with Gasteiger partial charge in [0.15, 0.2) is 0 Å². The molecule has 0 fully saturated rings. The standard InChI is InChI=1S/C11H18N2O2/c1-5-6-10(2)11(12-3)15-8-7-13(4)9-14/h5-6,9H,3,7-8H2,1-2,4H3/b6-5-,11-10+. The van der Waals surface area contributed by atoms with Crippen molar-refractivity contribution in [3.8, 4) is 0 Å². The molecule has 0 N–H and O–H groups in total. The third-order valence-corrected chi connectivity index (χ3v) is 1.76. The summed E-state index contributed by atoms with van der Waals surface area (Å²) in [5.41, 5.74) is 0.918. The van der Waals surface area contributed by atoms with Crippen molar-refractivity contribution in [2.75, 3.05) is 20.2 Å². The van der Waals surface area contributed by atoms with E-state index in [1.807, 2.05) is 26.0 Å². The molecule has 0 aromatic rings. The Morgan fingerprint density at radius 1 is 1.60 bits per heavy atom. The molecule has 4 nitrogen and oxygen atoms in total. The highest BCUT2D eigenvalue weighted by Gasteiger charge is 1.99. The van der Waals surface area contributed by atoms with Gasteiger partial charge in [0.2, 0.25) is 12.3 Å². The van der Waals surface area contributed by atoms with Gasteiger partial charge in [0.25, 0.3) is 0 Å². The third-order valence-electron chi connectivity index (χ3n) is 1.76. The second-order valence-corrected chi connectivity index (χ2v) is 3.08. The van der Waals surface area contributed by atoms with E-state index in [1.165, 1.54) is 4.90 Å². The normalized spacial score (nSPS) is 12.2. The van der Waals surface area contributed by atoms with Crippen LogP contribution in [-0.4, -0.2) is 38.2 Å². The largest absolute Gasteiger partial charge is 0.476 e. The van der Waals surface area contributed by atoms with Crippen LogP contribution in [0.2, 0.25) is 0 Å². The molecule has 1 amide bonds. The summed E-state index contributed by atoms with van der Waals surface area (Å²) < 4.78 is 5.38. The van der Waals surface area contributed by atoms with E-state index in [9.17, 15) is 4.79 Å². The Labute approximate surface area is 90.9 Å². The first-order chi connectivity index (χ1) is 7.15. The molecule has 0 unspecified atom stereocenters. The molecule has 0 saturated carbocycles. The lowest BCUT2D eigenvalue weighted by Gasteiger charge is -2.12. The van der Waals surface area contributed by atoms with E-state index >= 15 is 0 Å². The summed E-state index contributed by atoms with van der Waals surface area (Å²) in [7, 11) is 1.69. The number of nitrogens with zero attached hydrogens (tertiary/aromatic N) is 2. The predicted octanol–water partition coefficient (Wildman–Crippen LogP) is 1.60. The Morgan fingerprint density at radius 2 is 2.27 bits per heavy atom. The molecule has 0 aromatic carbocycles. The van der Waals surface area contributed by atoms with Crippen molar-refractivity contribution in [1.82, 2.24) is 4.90 Å². The van der Waals surface area contributed by atoms with Gasteiger partial charge in [-0.15, -0.1) is 0 Å². The van der Waals surface area contributed by atoms with E-state index in [0.29, 0.717) is 19.0 Å². The minimum atomic E-state index is 0.415. The molecule has 0 atom stereocenters. The quantitative estimate of drug-likeness (QED) is 0.277. The lowest BCUT2D eigenvalue weighted by molar-refractivity contribution is -0.117. The van der Waals surface area contributed by atoms with Crippen molar-refractivity contribution in [2.24, 2.45) is 4.99 Å². The number of aliphatic imine (C=N–C) groups is 1. The number of hydrogen-bond donors (Lipinski definition) is 0. The first-order valence-electron chi connectivity index (χ1n) is 4.74. The molecule has 0 aliphatic carbocycles. The number of rotatable bonds is 7. The maximum absolute atomic E-state index is 10.3. The fraction of sp³-hybridized carbons (Fsp3) is 0.455. The van der Waals surface area contributed by atoms with E-state index in [1.54, 1.807) is 7.05 Å². The van der Waals surface area contributed by atoms with E-state index in [4.69, 9.17) is 4.74 Å². The van der Waals surface area contributed by atoms with Crippen LogP contribution in [0, 0.1) is 0 Å². The van der Waals surface area contributed by atoms with Crippen LogP contribution >= 0.6 is 0 Å². The van der Waals surface area contributed by atoms with E-state index in [-0.39, 0.29) is 0 Å². The first kappa shape index (κ1) is 13.4. The molecule has 15 heavy (non-hydrogen) atoms. The van der Waals surface area contributed by atoms with Gasteiger partial charge in [-0.25, -0.2) is 4.99 Å². The first-order valence-corrected chi connectivity index (χ1v) is 4.74. The minimum absolute atomic E-state index is 0.415. The second kappa shape index (κ2) is 7.79. The van der Waals surface area contributed by atoms with Gasteiger partial charge >= 0.3 is 0 Å². The molecule has 0 rings (SSSR count). The van der Waals surface area contributed by atoms with Crippen molar-refractivity contribution in [2.45, 2.75) is 13.8 Å². The van der Waals surface area contributed by atoms with Crippen LogP contribution in [0.1, 0.15) is 13.8 Å². The summed E-state index contributed by atoms with van der Waals surface area (Å²) >= 11 is 0. The smallest absolute Gasteiger partial charge is 0.215 e. The van der Waals surface area contributed by atoms with Crippen LogP contribution in [0.4, 0.5) is 0 Å². The van der Waals surface area contributed by atoms with Crippen LogP contribution in [0.3, 0.4) is 0 Å². The Bertz CT molecular complexity index is 270. The maximum Gasteiger partial charge on any atom is 0.215 e. The maximum atomic E-state index is 10.3. The fourth-order valence-electron chi connectivity index (χ4n) is 0.944. The number of likely N-dealkylation sites (N-methyl/N-ethyl adjacent to an activating group) is 1. The molecule has 0 saturated heterocycles. The van der Waals surface area contributed by atoms with Crippen molar-refractivity contribution >= 4 is 13.1 Å². The van der Waals surface area contributed by atoms with Gasteiger partial charge in [-0.05, 0) is 20.6 Å². The number of ether oxygens (including phenoxy) is 1. The molecule has 0 bridgehead atoms. The van der Waals surface area contributed by atoms with Crippen LogP contribution < -0.4 is 0 Å². The number of allylic oxidation sites excluding steroid dienone is 3. The fourth-order valence-corrected chi connectivity index (χ4v) is 0.944. The highest BCUT2D eigenvalue weighted by molar-refractivity contribution is 5.46. The average Bonchev–Trinajstić information content (AvgIpc) is 2.24. The Hall–Kier alpha value is -1.58. The monoisotopic (exact) mass is 210 g/mol.